The first-order chi connectivity index (χ1) is 10.9. The Morgan fingerprint density at radius 1 is 1.09 bits per heavy atom. The lowest BCUT2D eigenvalue weighted by atomic mass is 10.1. The molecule has 6 heteroatoms. The van der Waals surface area contributed by atoms with E-state index in [9.17, 15) is 23.1 Å². The second-order valence-corrected chi connectivity index (χ2v) is 4.65. The summed E-state index contributed by atoms with van der Waals surface area (Å²) >= 11 is 0. The molecule has 0 saturated heterocycles. The molecule has 3 nitrogen and oxygen atoms in total. The Labute approximate surface area is 130 Å². The molecule has 0 aliphatic heterocycles. The number of hydrogen-bond donors (Lipinski definition) is 1. The van der Waals surface area contributed by atoms with Gasteiger partial charge in [-0.25, -0.2) is 4.79 Å². The zero-order valence-electron chi connectivity index (χ0n) is 11.9. The van der Waals surface area contributed by atoms with Crippen molar-refractivity contribution in [2.75, 3.05) is 0 Å². The molecule has 0 amide bonds. The van der Waals surface area contributed by atoms with Gasteiger partial charge in [0.2, 0.25) is 0 Å². The second-order valence-electron chi connectivity index (χ2n) is 4.65. The predicted octanol–water partition coefficient (Wildman–Crippen LogP) is 4.17. The predicted molar refractivity (Wildman–Crippen MR) is 78.4 cm³/mol. The van der Waals surface area contributed by atoms with Crippen LogP contribution in [0, 0.1) is 0 Å². The number of benzene rings is 2. The molecular weight excluding hydrogens is 309 g/mol. The Morgan fingerprint density at radius 2 is 1.74 bits per heavy atom. The number of esters is 1. The number of ether oxygens (including phenoxy) is 1. The van der Waals surface area contributed by atoms with Crippen molar-refractivity contribution in [3.05, 3.63) is 71.3 Å². The van der Waals surface area contributed by atoms with E-state index in [-0.39, 0.29) is 11.3 Å². The summed E-state index contributed by atoms with van der Waals surface area (Å²) in [6, 6.07) is 11.2. The van der Waals surface area contributed by atoms with Crippen LogP contribution in [0.2, 0.25) is 0 Å². The molecule has 0 aromatic heterocycles. The van der Waals surface area contributed by atoms with Gasteiger partial charge in [0.1, 0.15) is 12.4 Å². The van der Waals surface area contributed by atoms with Crippen LogP contribution in [-0.4, -0.2) is 11.1 Å². The van der Waals surface area contributed by atoms with Gasteiger partial charge in [-0.3, -0.25) is 0 Å². The molecule has 120 valence electrons. The van der Waals surface area contributed by atoms with Gasteiger partial charge in [-0.15, -0.1) is 0 Å². The normalized spacial score (nSPS) is 11.6. The van der Waals surface area contributed by atoms with E-state index in [1.165, 1.54) is 30.3 Å². The molecule has 0 fully saturated rings. The number of rotatable bonds is 4. The third-order valence-corrected chi connectivity index (χ3v) is 3.03. The summed E-state index contributed by atoms with van der Waals surface area (Å²) in [5.41, 5.74) is -0.554. The summed E-state index contributed by atoms with van der Waals surface area (Å²) < 4.78 is 43.2. The summed E-state index contributed by atoms with van der Waals surface area (Å²) in [5, 5.41) is 9.53. The summed E-state index contributed by atoms with van der Waals surface area (Å²) in [6.45, 7) is -0.486. The van der Waals surface area contributed by atoms with Gasteiger partial charge in [-0.05, 0) is 18.2 Å². The van der Waals surface area contributed by atoms with Crippen LogP contribution < -0.4 is 0 Å². The van der Waals surface area contributed by atoms with Crippen molar-refractivity contribution in [3.8, 4) is 5.75 Å². The van der Waals surface area contributed by atoms with E-state index in [0.717, 1.165) is 12.1 Å². The van der Waals surface area contributed by atoms with Crippen LogP contribution in [0.15, 0.2) is 54.6 Å². The molecule has 0 heterocycles. The molecule has 0 radical (unpaired) electrons. The molecule has 0 unspecified atom stereocenters. The Kier molecular flexibility index (Phi) is 5.05. The molecule has 0 spiro atoms. The van der Waals surface area contributed by atoms with Crippen molar-refractivity contribution in [1.29, 1.82) is 0 Å². The second kappa shape index (κ2) is 7.00. The Balaban J connectivity index is 2.02. The largest absolute Gasteiger partial charge is 0.507 e. The minimum atomic E-state index is -4.51. The lowest BCUT2D eigenvalue weighted by Gasteiger charge is -2.12. The molecule has 2 aromatic carbocycles. The van der Waals surface area contributed by atoms with Gasteiger partial charge < -0.3 is 9.84 Å². The van der Waals surface area contributed by atoms with Crippen molar-refractivity contribution in [2.45, 2.75) is 12.8 Å². The minimum absolute atomic E-state index is 0.0148. The lowest BCUT2D eigenvalue weighted by molar-refractivity contribution is -0.143. The van der Waals surface area contributed by atoms with Gasteiger partial charge in [-0.1, -0.05) is 36.4 Å². The molecule has 2 aromatic rings. The van der Waals surface area contributed by atoms with Gasteiger partial charge in [-0.2, -0.15) is 13.2 Å². The van der Waals surface area contributed by atoms with E-state index in [0.29, 0.717) is 5.56 Å². The van der Waals surface area contributed by atoms with Crippen LogP contribution in [0.3, 0.4) is 0 Å². The van der Waals surface area contributed by atoms with E-state index in [2.05, 4.69) is 0 Å². The third kappa shape index (κ3) is 4.60. The van der Waals surface area contributed by atoms with Crippen molar-refractivity contribution < 1.29 is 27.8 Å². The molecule has 0 saturated carbocycles. The fourth-order valence-corrected chi connectivity index (χ4v) is 1.91. The molecule has 0 atom stereocenters. The van der Waals surface area contributed by atoms with Crippen LogP contribution >= 0.6 is 0 Å². The van der Waals surface area contributed by atoms with E-state index in [1.54, 1.807) is 18.2 Å². The average Bonchev–Trinajstić information content (AvgIpc) is 2.51. The first-order valence-corrected chi connectivity index (χ1v) is 6.66. The number of phenols is 1. The number of halogens is 3. The molecular formula is C17H13F3O3. The van der Waals surface area contributed by atoms with Crippen LogP contribution in [0.1, 0.15) is 16.7 Å². The fraction of sp³-hybridized carbons (Fsp3) is 0.118. The SMILES string of the molecule is O=C(C=Cc1ccccc1O)OCc1ccccc1C(F)(F)F. The summed E-state index contributed by atoms with van der Waals surface area (Å²) in [7, 11) is 0. The number of para-hydroxylation sites is 1. The quantitative estimate of drug-likeness (QED) is 0.679. The maximum absolute atomic E-state index is 12.8. The maximum Gasteiger partial charge on any atom is 0.416 e. The van der Waals surface area contributed by atoms with Gasteiger partial charge in [0.05, 0.1) is 5.56 Å². The Hall–Kier alpha value is -2.76. The highest BCUT2D eigenvalue weighted by atomic mass is 19.4. The number of aromatic hydroxyl groups is 1. The number of alkyl halides is 3. The molecule has 0 aliphatic carbocycles. The average molecular weight is 322 g/mol. The number of hydrogen-bond acceptors (Lipinski definition) is 3. The zero-order valence-corrected chi connectivity index (χ0v) is 11.9. The van der Waals surface area contributed by atoms with Crippen LogP contribution in [0.25, 0.3) is 6.08 Å². The van der Waals surface area contributed by atoms with Crippen LogP contribution in [0.4, 0.5) is 13.2 Å². The van der Waals surface area contributed by atoms with Gasteiger partial charge in [0.25, 0.3) is 0 Å². The van der Waals surface area contributed by atoms with Crippen molar-refractivity contribution in [2.24, 2.45) is 0 Å². The summed E-state index contributed by atoms with van der Waals surface area (Å²) in [5.74, 6) is -0.816. The van der Waals surface area contributed by atoms with Crippen LogP contribution in [0.5, 0.6) is 5.75 Å². The minimum Gasteiger partial charge on any atom is -0.507 e. The van der Waals surface area contributed by atoms with Gasteiger partial charge in [0, 0.05) is 17.2 Å². The number of phenolic OH excluding ortho intramolecular Hbond substituents is 1. The molecule has 1 N–H and O–H groups in total. The van der Waals surface area contributed by atoms with Gasteiger partial charge in [0.15, 0.2) is 0 Å². The van der Waals surface area contributed by atoms with Crippen molar-refractivity contribution in [3.63, 3.8) is 0 Å². The Morgan fingerprint density at radius 3 is 2.43 bits per heavy atom. The Bertz CT molecular complexity index is 721. The highest BCUT2D eigenvalue weighted by Crippen LogP contribution is 2.32. The highest BCUT2D eigenvalue weighted by molar-refractivity contribution is 5.87. The topological polar surface area (TPSA) is 46.5 Å². The summed E-state index contributed by atoms with van der Waals surface area (Å²) in [6.07, 6.45) is -2.13. The maximum atomic E-state index is 12.8. The molecule has 0 bridgehead atoms. The van der Waals surface area contributed by atoms with E-state index in [4.69, 9.17) is 4.74 Å². The number of carbonyl (C=O) groups is 1. The zero-order chi connectivity index (χ0) is 16.9. The van der Waals surface area contributed by atoms with Crippen molar-refractivity contribution in [1.82, 2.24) is 0 Å². The number of carbonyl (C=O) groups excluding carboxylic acids is 1. The standard InChI is InChI=1S/C17H13F3O3/c18-17(19,20)14-7-3-1-6-13(14)11-23-16(22)10-9-12-5-2-4-8-15(12)21/h1-10,21H,11H2. The summed E-state index contributed by atoms with van der Waals surface area (Å²) in [4.78, 5) is 11.6. The first kappa shape index (κ1) is 16.6. The van der Waals surface area contributed by atoms with E-state index in [1.807, 2.05) is 0 Å². The lowest BCUT2D eigenvalue weighted by Crippen LogP contribution is -2.11. The van der Waals surface area contributed by atoms with Gasteiger partial charge >= 0.3 is 12.1 Å². The monoisotopic (exact) mass is 322 g/mol. The van der Waals surface area contributed by atoms with E-state index < -0.39 is 24.3 Å². The third-order valence-electron chi connectivity index (χ3n) is 3.03. The first-order valence-electron chi connectivity index (χ1n) is 6.66. The highest BCUT2D eigenvalue weighted by Gasteiger charge is 2.33. The molecule has 2 rings (SSSR count). The van der Waals surface area contributed by atoms with Crippen LogP contribution in [-0.2, 0) is 22.3 Å². The molecule has 0 aliphatic rings. The fourth-order valence-electron chi connectivity index (χ4n) is 1.91. The van der Waals surface area contributed by atoms with E-state index >= 15 is 0 Å². The molecule has 23 heavy (non-hydrogen) atoms. The smallest absolute Gasteiger partial charge is 0.416 e. The van der Waals surface area contributed by atoms with Crippen molar-refractivity contribution >= 4 is 12.0 Å².